The number of aryl methyl sites for hydroxylation is 4. The molecular formula is C21H26N6O2S. The highest BCUT2D eigenvalue weighted by atomic mass is 32.2. The molecule has 2 amide bonds. The lowest BCUT2D eigenvalue weighted by Crippen LogP contribution is -2.37. The van der Waals surface area contributed by atoms with Crippen molar-refractivity contribution < 1.29 is 9.59 Å². The molecule has 3 aromatic rings. The van der Waals surface area contributed by atoms with E-state index in [-0.39, 0.29) is 18.4 Å². The van der Waals surface area contributed by atoms with E-state index in [0.29, 0.717) is 10.9 Å². The first-order valence-corrected chi connectivity index (χ1v) is 10.6. The normalized spacial score (nSPS) is 12.1. The summed E-state index contributed by atoms with van der Waals surface area (Å²) < 4.78 is 1.69. The van der Waals surface area contributed by atoms with Gasteiger partial charge in [-0.3, -0.25) is 9.59 Å². The highest BCUT2D eigenvalue weighted by molar-refractivity contribution is 8.00. The average Bonchev–Trinajstić information content (AvgIpc) is 3.09. The minimum absolute atomic E-state index is 0.102. The van der Waals surface area contributed by atoms with Gasteiger partial charge in [0, 0.05) is 17.1 Å². The molecule has 0 fully saturated rings. The van der Waals surface area contributed by atoms with E-state index in [1.165, 1.54) is 11.8 Å². The third-order valence-corrected chi connectivity index (χ3v) is 6.01. The SMILES string of the molecule is Cc1cccc(C)c1NC(=O)CNC(=O)C(C)Sc1nc2nc(C)c(C)c(C)n2n1. The number of hydrogen-bond acceptors (Lipinski definition) is 6. The van der Waals surface area contributed by atoms with Crippen LogP contribution >= 0.6 is 11.8 Å². The molecule has 2 heterocycles. The average molecular weight is 427 g/mol. The van der Waals surface area contributed by atoms with Gasteiger partial charge in [0.25, 0.3) is 5.78 Å². The van der Waals surface area contributed by atoms with Crippen molar-refractivity contribution in [2.45, 2.75) is 51.9 Å². The molecule has 2 N–H and O–H groups in total. The van der Waals surface area contributed by atoms with Crippen LogP contribution in [0.3, 0.4) is 0 Å². The predicted molar refractivity (Wildman–Crippen MR) is 118 cm³/mol. The molecule has 1 unspecified atom stereocenters. The Morgan fingerprint density at radius 1 is 1.10 bits per heavy atom. The lowest BCUT2D eigenvalue weighted by atomic mass is 10.1. The van der Waals surface area contributed by atoms with Crippen molar-refractivity contribution in [1.82, 2.24) is 24.9 Å². The van der Waals surface area contributed by atoms with Gasteiger partial charge in [-0.15, -0.1) is 5.10 Å². The van der Waals surface area contributed by atoms with Gasteiger partial charge in [0.1, 0.15) is 0 Å². The standard InChI is InChI=1S/C21H26N6O2S/c1-11-8-7-9-12(2)18(11)24-17(28)10-22-19(29)16(6)30-21-25-20-23-14(4)13(3)15(5)27(20)26-21/h7-9,16H,10H2,1-6H3,(H,22,29)(H,24,28). The van der Waals surface area contributed by atoms with Crippen molar-refractivity contribution in [1.29, 1.82) is 0 Å². The first-order valence-electron chi connectivity index (χ1n) is 9.68. The molecule has 158 valence electrons. The number of amides is 2. The van der Waals surface area contributed by atoms with E-state index in [4.69, 9.17) is 0 Å². The predicted octanol–water partition coefficient (Wildman–Crippen LogP) is 2.90. The van der Waals surface area contributed by atoms with Crippen LogP contribution in [0, 0.1) is 34.6 Å². The molecule has 1 atom stereocenters. The molecule has 1 aromatic carbocycles. The lowest BCUT2D eigenvalue weighted by Gasteiger charge is -2.13. The van der Waals surface area contributed by atoms with Gasteiger partial charge in [0.05, 0.1) is 11.8 Å². The van der Waals surface area contributed by atoms with Crippen molar-refractivity contribution in [3.63, 3.8) is 0 Å². The monoisotopic (exact) mass is 426 g/mol. The second-order valence-electron chi connectivity index (χ2n) is 7.31. The molecule has 0 aliphatic rings. The minimum atomic E-state index is -0.460. The van der Waals surface area contributed by atoms with Crippen LogP contribution in [-0.4, -0.2) is 43.2 Å². The molecule has 9 heteroatoms. The van der Waals surface area contributed by atoms with Crippen LogP contribution in [0.5, 0.6) is 0 Å². The van der Waals surface area contributed by atoms with Crippen LogP contribution in [0.25, 0.3) is 5.78 Å². The van der Waals surface area contributed by atoms with Crippen LogP contribution < -0.4 is 10.6 Å². The second-order valence-corrected chi connectivity index (χ2v) is 8.61. The summed E-state index contributed by atoms with van der Waals surface area (Å²) in [6.07, 6.45) is 0. The molecule has 0 saturated carbocycles. The molecule has 8 nitrogen and oxygen atoms in total. The molecule has 0 saturated heterocycles. The van der Waals surface area contributed by atoms with Crippen LogP contribution in [0.1, 0.15) is 35.0 Å². The lowest BCUT2D eigenvalue weighted by molar-refractivity contribution is -0.123. The van der Waals surface area contributed by atoms with Crippen LogP contribution in [-0.2, 0) is 9.59 Å². The van der Waals surface area contributed by atoms with Crippen molar-refractivity contribution in [2.24, 2.45) is 0 Å². The number of anilines is 1. The Bertz CT molecular complexity index is 1100. The van der Waals surface area contributed by atoms with E-state index in [1.807, 2.05) is 52.8 Å². The Kier molecular flexibility index (Phi) is 6.40. The highest BCUT2D eigenvalue weighted by Crippen LogP contribution is 2.22. The summed E-state index contributed by atoms with van der Waals surface area (Å²) >= 11 is 1.23. The number of rotatable bonds is 6. The van der Waals surface area contributed by atoms with E-state index in [2.05, 4.69) is 25.7 Å². The van der Waals surface area contributed by atoms with Crippen molar-refractivity contribution >= 4 is 35.0 Å². The Balaban J connectivity index is 1.59. The number of nitrogens with zero attached hydrogens (tertiary/aromatic N) is 4. The topological polar surface area (TPSA) is 101 Å². The number of nitrogens with one attached hydrogen (secondary N) is 2. The maximum atomic E-state index is 12.4. The van der Waals surface area contributed by atoms with Gasteiger partial charge in [0.2, 0.25) is 17.0 Å². The number of hydrogen-bond donors (Lipinski definition) is 2. The first-order chi connectivity index (χ1) is 14.2. The summed E-state index contributed by atoms with van der Waals surface area (Å²) in [4.78, 5) is 33.5. The summed E-state index contributed by atoms with van der Waals surface area (Å²) in [7, 11) is 0. The summed E-state index contributed by atoms with van der Waals surface area (Å²) in [6, 6.07) is 5.80. The number of para-hydroxylation sites is 1. The Morgan fingerprint density at radius 2 is 1.77 bits per heavy atom. The summed E-state index contributed by atoms with van der Waals surface area (Å²) in [5.41, 5.74) is 5.67. The van der Waals surface area contributed by atoms with Crippen LogP contribution in [0.15, 0.2) is 23.4 Å². The maximum absolute atomic E-state index is 12.4. The molecule has 0 radical (unpaired) electrons. The van der Waals surface area contributed by atoms with E-state index in [9.17, 15) is 9.59 Å². The first kappa shape index (κ1) is 21.8. The Hall–Kier alpha value is -2.94. The molecule has 30 heavy (non-hydrogen) atoms. The Labute approximate surface area is 179 Å². The quantitative estimate of drug-likeness (QED) is 0.588. The zero-order valence-electron chi connectivity index (χ0n) is 18.0. The van der Waals surface area contributed by atoms with Gasteiger partial charge >= 0.3 is 0 Å². The van der Waals surface area contributed by atoms with Gasteiger partial charge < -0.3 is 10.6 Å². The third kappa shape index (κ3) is 4.62. The van der Waals surface area contributed by atoms with Crippen LogP contribution in [0.2, 0.25) is 0 Å². The second kappa shape index (κ2) is 8.83. The third-order valence-electron chi connectivity index (χ3n) is 5.06. The van der Waals surface area contributed by atoms with E-state index < -0.39 is 5.25 Å². The van der Waals surface area contributed by atoms with Gasteiger partial charge in [0.15, 0.2) is 0 Å². The summed E-state index contributed by atoms with van der Waals surface area (Å²) in [5, 5.41) is 10.00. The van der Waals surface area contributed by atoms with Crippen LogP contribution in [0.4, 0.5) is 5.69 Å². The fraction of sp³-hybridized carbons (Fsp3) is 0.381. The fourth-order valence-corrected chi connectivity index (χ4v) is 3.78. The summed E-state index contributed by atoms with van der Waals surface area (Å²) in [5.74, 6) is -0.0131. The number of carbonyl (C=O) groups is 2. The number of benzene rings is 1. The molecule has 3 rings (SSSR count). The van der Waals surface area contributed by atoms with Gasteiger partial charge in [-0.05, 0) is 58.2 Å². The van der Waals surface area contributed by atoms with Crippen molar-refractivity contribution in [3.8, 4) is 0 Å². The van der Waals surface area contributed by atoms with Gasteiger partial charge in [-0.1, -0.05) is 30.0 Å². The molecule has 0 aliphatic heterocycles. The zero-order valence-corrected chi connectivity index (χ0v) is 18.8. The van der Waals surface area contributed by atoms with Crippen molar-refractivity contribution in [2.75, 3.05) is 11.9 Å². The van der Waals surface area contributed by atoms with E-state index >= 15 is 0 Å². The molecule has 0 bridgehead atoms. The molecule has 0 spiro atoms. The van der Waals surface area contributed by atoms with Gasteiger partial charge in [-0.2, -0.15) is 4.98 Å². The van der Waals surface area contributed by atoms with Gasteiger partial charge in [-0.25, -0.2) is 9.50 Å². The minimum Gasteiger partial charge on any atom is -0.346 e. The summed E-state index contributed by atoms with van der Waals surface area (Å²) in [6.45, 7) is 11.4. The number of thioether (sulfide) groups is 1. The highest BCUT2D eigenvalue weighted by Gasteiger charge is 2.19. The molecule has 0 aliphatic carbocycles. The number of aromatic nitrogens is 4. The maximum Gasteiger partial charge on any atom is 0.253 e. The van der Waals surface area contributed by atoms with E-state index in [0.717, 1.165) is 33.8 Å². The number of carbonyl (C=O) groups excluding carboxylic acids is 2. The van der Waals surface area contributed by atoms with E-state index in [1.54, 1.807) is 11.4 Å². The largest absolute Gasteiger partial charge is 0.346 e. The fourth-order valence-electron chi connectivity index (χ4n) is 3.01. The number of fused-ring (bicyclic) bond motifs is 1. The zero-order chi connectivity index (χ0) is 22.0. The van der Waals surface area contributed by atoms with Crippen molar-refractivity contribution in [3.05, 3.63) is 46.3 Å². The molecular weight excluding hydrogens is 400 g/mol. The molecule has 2 aromatic heterocycles. The smallest absolute Gasteiger partial charge is 0.253 e. The Morgan fingerprint density at radius 3 is 2.43 bits per heavy atom.